The molecule has 2 aromatic rings. The van der Waals surface area contributed by atoms with Gasteiger partial charge in [0.05, 0.1) is 23.1 Å². The van der Waals surface area contributed by atoms with Crippen LogP contribution in [0.15, 0.2) is 12.1 Å². The Bertz CT molecular complexity index is 703. The summed E-state index contributed by atoms with van der Waals surface area (Å²) < 4.78 is 1.90. The van der Waals surface area contributed by atoms with Gasteiger partial charge >= 0.3 is 0 Å². The average Bonchev–Trinajstić information content (AvgIpc) is 2.87. The lowest BCUT2D eigenvalue weighted by molar-refractivity contribution is 0.465. The van der Waals surface area contributed by atoms with E-state index in [1.165, 1.54) is 11.1 Å². The first-order valence-corrected chi connectivity index (χ1v) is 7.49. The lowest BCUT2D eigenvalue weighted by Gasteiger charge is -2.17. The van der Waals surface area contributed by atoms with Crippen molar-refractivity contribution in [1.29, 1.82) is 0 Å². The van der Waals surface area contributed by atoms with Gasteiger partial charge in [-0.2, -0.15) is 5.10 Å². The Labute approximate surface area is 125 Å². The summed E-state index contributed by atoms with van der Waals surface area (Å²) in [5.74, 6) is 0.860. The van der Waals surface area contributed by atoms with E-state index in [0.717, 1.165) is 29.1 Å². The summed E-state index contributed by atoms with van der Waals surface area (Å²) in [6.07, 6.45) is 1.00. The van der Waals surface area contributed by atoms with E-state index >= 15 is 0 Å². The molecule has 2 unspecified atom stereocenters. The van der Waals surface area contributed by atoms with Gasteiger partial charge in [-0.05, 0) is 50.3 Å². The second kappa shape index (κ2) is 4.79. The van der Waals surface area contributed by atoms with E-state index in [4.69, 9.17) is 0 Å². The summed E-state index contributed by atoms with van der Waals surface area (Å²) in [5, 5.41) is 18.4. The second-order valence-electron chi connectivity index (χ2n) is 6.23. The van der Waals surface area contributed by atoms with Crippen LogP contribution < -0.4 is 5.32 Å². The van der Waals surface area contributed by atoms with Gasteiger partial charge in [-0.3, -0.25) is 4.68 Å². The molecule has 1 aromatic carbocycles. The average molecular weight is 285 g/mol. The number of nitrogens with one attached hydrogen (secondary N) is 1. The normalized spacial score (nSPS) is 20.6. The van der Waals surface area contributed by atoms with Crippen molar-refractivity contribution in [2.24, 2.45) is 7.05 Å². The Kier molecular flexibility index (Phi) is 3.19. The standard InChI is InChI=1S/C17H23N3O/c1-9-6-7-14(21)16-13(8-10(2)15(9)16)18-17-11(3)19-20(5)12(17)4/h6-7,10,13,18,21H,8H2,1-5H3. The second-order valence-corrected chi connectivity index (χ2v) is 6.23. The minimum atomic E-state index is 0.150. The Balaban J connectivity index is 2.02. The maximum atomic E-state index is 10.3. The van der Waals surface area contributed by atoms with Crippen molar-refractivity contribution in [3.8, 4) is 5.75 Å². The highest BCUT2D eigenvalue weighted by Gasteiger charge is 2.33. The van der Waals surface area contributed by atoms with Gasteiger partial charge in [0.15, 0.2) is 0 Å². The summed E-state index contributed by atoms with van der Waals surface area (Å²) >= 11 is 0. The topological polar surface area (TPSA) is 50.1 Å². The molecule has 4 heteroatoms. The van der Waals surface area contributed by atoms with E-state index < -0.39 is 0 Å². The van der Waals surface area contributed by atoms with Crippen molar-refractivity contribution < 1.29 is 5.11 Å². The van der Waals surface area contributed by atoms with Crippen LogP contribution in [0.5, 0.6) is 5.75 Å². The molecule has 4 nitrogen and oxygen atoms in total. The molecule has 1 aromatic heterocycles. The zero-order chi connectivity index (χ0) is 15.3. The number of anilines is 1. The summed E-state index contributed by atoms with van der Waals surface area (Å²) in [7, 11) is 1.96. The van der Waals surface area contributed by atoms with Crippen LogP contribution in [0.25, 0.3) is 0 Å². The van der Waals surface area contributed by atoms with Crippen LogP contribution in [0.1, 0.15) is 53.4 Å². The van der Waals surface area contributed by atoms with Crippen LogP contribution in [0, 0.1) is 20.8 Å². The summed E-state index contributed by atoms with van der Waals surface area (Å²) in [6, 6.07) is 3.97. The number of phenols is 1. The highest BCUT2D eigenvalue weighted by Crippen LogP contribution is 2.47. The van der Waals surface area contributed by atoms with Crippen molar-refractivity contribution in [3.63, 3.8) is 0 Å². The fourth-order valence-electron chi connectivity index (χ4n) is 3.63. The minimum Gasteiger partial charge on any atom is -0.508 e. The maximum absolute atomic E-state index is 10.3. The summed E-state index contributed by atoms with van der Waals surface area (Å²) in [6.45, 7) is 8.44. The van der Waals surface area contributed by atoms with Gasteiger partial charge in [-0.15, -0.1) is 0 Å². The zero-order valence-electron chi connectivity index (χ0n) is 13.4. The molecule has 0 bridgehead atoms. The Morgan fingerprint density at radius 2 is 1.95 bits per heavy atom. The molecule has 1 aliphatic rings. The number of fused-ring (bicyclic) bond motifs is 1. The van der Waals surface area contributed by atoms with E-state index in [9.17, 15) is 5.11 Å². The molecule has 21 heavy (non-hydrogen) atoms. The summed E-state index contributed by atoms with van der Waals surface area (Å²) in [5.41, 5.74) is 6.84. The molecule has 0 amide bonds. The third-order valence-electron chi connectivity index (χ3n) is 4.74. The largest absolute Gasteiger partial charge is 0.508 e. The van der Waals surface area contributed by atoms with Crippen molar-refractivity contribution >= 4 is 5.69 Å². The number of aromatic hydroxyl groups is 1. The van der Waals surface area contributed by atoms with Crippen molar-refractivity contribution in [2.75, 3.05) is 5.32 Å². The first-order chi connectivity index (χ1) is 9.90. The molecule has 0 aliphatic heterocycles. The van der Waals surface area contributed by atoms with Crippen LogP contribution in [-0.2, 0) is 7.05 Å². The van der Waals surface area contributed by atoms with E-state index in [1.807, 2.05) is 30.8 Å². The molecule has 3 rings (SSSR count). The predicted octanol–water partition coefficient (Wildman–Crippen LogP) is 3.71. The molecule has 2 N–H and O–H groups in total. The third-order valence-corrected chi connectivity index (χ3v) is 4.74. The molecule has 0 saturated heterocycles. The van der Waals surface area contributed by atoms with Gasteiger partial charge in [0, 0.05) is 12.6 Å². The fraction of sp³-hybridized carbons (Fsp3) is 0.471. The number of nitrogens with zero attached hydrogens (tertiary/aromatic N) is 2. The van der Waals surface area contributed by atoms with Gasteiger partial charge in [0.2, 0.25) is 0 Å². The first kappa shape index (κ1) is 14.0. The van der Waals surface area contributed by atoms with E-state index in [0.29, 0.717) is 11.7 Å². The fourth-order valence-corrected chi connectivity index (χ4v) is 3.63. The highest BCUT2D eigenvalue weighted by atomic mass is 16.3. The number of aromatic nitrogens is 2. The molecular formula is C17H23N3O. The van der Waals surface area contributed by atoms with E-state index in [1.54, 1.807) is 0 Å². The maximum Gasteiger partial charge on any atom is 0.121 e. The number of rotatable bonds is 2. The van der Waals surface area contributed by atoms with Crippen LogP contribution in [0.4, 0.5) is 5.69 Å². The number of phenolic OH excluding ortho intramolecular Hbond substituents is 1. The van der Waals surface area contributed by atoms with Gasteiger partial charge in [-0.1, -0.05) is 13.0 Å². The smallest absolute Gasteiger partial charge is 0.121 e. The molecule has 1 aliphatic carbocycles. The van der Waals surface area contributed by atoms with Gasteiger partial charge in [0.1, 0.15) is 5.75 Å². The minimum absolute atomic E-state index is 0.150. The molecule has 112 valence electrons. The number of hydrogen-bond acceptors (Lipinski definition) is 3. The van der Waals surface area contributed by atoms with Crippen LogP contribution in [-0.4, -0.2) is 14.9 Å². The molecular weight excluding hydrogens is 262 g/mol. The van der Waals surface area contributed by atoms with Crippen molar-refractivity contribution in [2.45, 2.75) is 46.1 Å². The lowest BCUT2D eigenvalue weighted by atomic mass is 9.97. The van der Waals surface area contributed by atoms with E-state index in [-0.39, 0.29) is 6.04 Å². The zero-order valence-corrected chi connectivity index (χ0v) is 13.4. The monoisotopic (exact) mass is 285 g/mol. The van der Waals surface area contributed by atoms with Crippen molar-refractivity contribution in [1.82, 2.24) is 9.78 Å². The molecule has 0 fully saturated rings. The quantitative estimate of drug-likeness (QED) is 0.884. The van der Waals surface area contributed by atoms with Crippen molar-refractivity contribution in [3.05, 3.63) is 40.2 Å². The van der Waals surface area contributed by atoms with Gasteiger partial charge < -0.3 is 10.4 Å². The Morgan fingerprint density at radius 3 is 2.57 bits per heavy atom. The van der Waals surface area contributed by atoms with Crippen LogP contribution in [0.2, 0.25) is 0 Å². The molecule has 1 heterocycles. The van der Waals surface area contributed by atoms with Crippen LogP contribution in [0.3, 0.4) is 0 Å². The molecule has 0 radical (unpaired) electrons. The molecule has 2 atom stereocenters. The third kappa shape index (κ3) is 2.09. The van der Waals surface area contributed by atoms with Crippen LogP contribution >= 0.6 is 0 Å². The molecule has 0 spiro atoms. The molecule has 0 saturated carbocycles. The number of benzene rings is 1. The van der Waals surface area contributed by atoms with E-state index in [2.05, 4.69) is 31.2 Å². The summed E-state index contributed by atoms with van der Waals surface area (Å²) in [4.78, 5) is 0. The predicted molar refractivity (Wildman–Crippen MR) is 84.9 cm³/mol. The van der Waals surface area contributed by atoms with Gasteiger partial charge in [0.25, 0.3) is 0 Å². The Hall–Kier alpha value is -1.97. The number of hydrogen-bond donors (Lipinski definition) is 2. The highest BCUT2D eigenvalue weighted by molar-refractivity contribution is 5.58. The lowest BCUT2D eigenvalue weighted by Crippen LogP contribution is -2.09. The Morgan fingerprint density at radius 1 is 1.24 bits per heavy atom. The first-order valence-electron chi connectivity index (χ1n) is 7.49. The SMILES string of the molecule is Cc1ccc(O)c2c1C(C)CC2Nc1c(C)nn(C)c1C. The number of aryl methyl sites for hydroxylation is 3. The van der Waals surface area contributed by atoms with Gasteiger partial charge in [-0.25, -0.2) is 0 Å².